The molecule has 0 unspecified atom stereocenters. The second-order valence-corrected chi connectivity index (χ2v) is 5.77. The van der Waals surface area contributed by atoms with E-state index in [-0.39, 0.29) is 0 Å². The number of likely N-dealkylation sites (tertiary alicyclic amines) is 1. The van der Waals surface area contributed by atoms with Gasteiger partial charge in [0, 0.05) is 19.6 Å². The van der Waals surface area contributed by atoms with Gasteiger partial charge < -0.3 is 4.90 Å². The molecule has 14 heavy (non-hydrogen) atoms. The minimum atomic E-state index is 0.849. The first-order chi connectivity index (χ1) is 6.75. The summed E-state index contributed by atoms with van der Waals surface area (Å²) in [6.45, 7) is 8.79. The molecule has 0 aromatic rings. The standard InChI is InChI=1S/C13H25N/c1-11(2)8-14-9-13(10-14)12-6-4-3-5-7-12/h11-13H,3-10H2,1-2H3. The number of rotatable bonds is 3. The van der Waals surface area contributed by atoms with Crippen LogP contribution in [0.5, 0.6) is 0 Å². The van der Waals surface area contributed by atoms with Crippen molar-refractivity contribution in [3.63, 3.8) is 0 Å². The molecule has 1 heteroatoms. The largest absolute Gasteiger partial charge is 0.302 e. The van der Waals surface area contributed by atoms with Gasteiger partial charge in [-0.25, -0.2) is 0 Å². The van der Waals surface area contributed by atoms with Crippen molar-refractivity contribution >= 4 is 0 Å². The van der Waals surface area contributed by atoms with Crippen molar-refractivity contribution in [2.75, 3.05) is 19.6 Å². The molecule has 1 saturated heterocycles. The highest BCUT2D eigenvalue weighted by atomic mass is 15.2. The summed E-state index contributed by atoms with van der Waals surface area (Å²) < 4.78 is 0. The van der Waals surface area contributed by atoms with E-state index in [0.29, 0.717) is 0 Å². The molecule has 0 radical (unpaired) electrons. The molecule has 1 saturated carbocycles. The third-order valence-electron chi connectivity index (χ3n) is 3.93. The molecule has 1 nitrogen and oxygen atoms in total. The van der Waals surface area contributed by atoms with Crippen molar-refractivity contribution in [2.24, 2.45) is 17.8 Å². The van der Waals surface area contributed by atoms with Crippen LogP contribution in [0.15, 0.2) is 0 Å². The Balaban J connectivity index is 1.66. The summed E-state index contributed by atoms with van der Waals surface area (Å²) >= 11 is 0. The molecule has 0 atom stereocenters. The predicted octanol–water partition coefficient (Wildman–Crippen LogP) is 3.15. The summed E-state index contributed by atoms with van der Waals surface area (Å²) in [6, 6.07) is 0. The number of nitrogens with zero attached hydrogens (tertiary/aromatic N) is 1. The van der Waals surface area contributed by atoms with Crippen LogP contribution in [-0.4, -0.2) is 24.5 Å². The lowest BCUT2D eigenvalue weighted by Crippen LogP contribution is -2.51. The Kier molecular flexibility index (Phi) is 3.48. The fourth-order valence-corrected chi connectivity index (χ4v) is 3.18. The average Bonchev–Trinajstić information content (AvgIpc) is 2.12. The van der Waals surface area contributed by atoms with Gasteiger partial charge in [0.25, 0.3) is 0 Å². The average molecular weight is 195 g/mol. The first-order valence-corrected chi connectivity index (χ1v) is 6.48. The highest BCUT2D eigenvalue weighted by Crippen LogP contribution is 2.35. The first-order valence-electron chi connectivity index (χ1n) is 6.48. The summed E-state index contributed by atoms with van der Waals surface area (Å²) in [6.07, 6.45) is 7.57. The lowest BCUT2D eigenvalue weighted by Gasteiger charge is -2.45. The van der Waals surface area contributed by atoms with Crippen molar-refractivity contribution < 1.29 is 0 Å². The fraction of sp³-hybridized carbons (Fsp3) is 1.00. The van der Waals surface area contributed by atoms with Gasteiger partial charge in [-0.2, -0.15) is 0 Å². The van der Waals surface area contributed by atoms with Crippen LogP contribution in [-0.2, 0) is 0 Å². The molecule has 82 valence electrons. The van der Waals surface area contributed by atoms with Crippen LogP contribution in [0.2, 0.25) is 0 Å². The lowest BCUT2D eigenvalue weighted by molar-refractivity contribution is 0.0343. The molecule has 0 aromatic carbocycles. The van der Waals surface area contributed by atoms with E-state index in [4.69, 9.17) is 0 Å². The SMILES string of the molecule is CC(C)CN1CC(C2CCCCC2)C1. The van der Waals surface area contributed by atoms with Gasteiger partial charge in [0.05, 0.1) is 0 Å². The second-order valence-electron chi connectivity index (χ2n) is 5.77. The van der Waals surface area contributed by atoms with Crippen molar-refractivity contribution in [3.05, 3.63) is 0 Å². The second kappa shape index (κ2) is 4.65. The molecule has 0 spiro atoms. The third kappa shape index (κ3) is 2.50. The number of hydrogen-bond donors (Lipinski definition) is 0. The molecule has 0 bridgehead atoms. The van der Waals surface area contributed by atoms with Gasteiger partial charge in [0.1, 0.15) is 0 Å². The van der Waals surface area contributed by atoms with Crippen molar-refractivity contribution in [1.29, 1.82) is 0 Å². The summed E-state index contributed by atoms with van der Waals surface area (Å²) in [5.41, 5.74) is 0. The summed E-state index contributed by atoms with van der Waals surface area (Å²) in [5.74, 6) is 3.00. The Hall–Kier alpha value is -0.0400. The topological polar surface area (TPSA) is 3.24 Å². The summed E-state index contributed by atoms with van der Waals surface area (Å²) in [4.78, 5) is 2.64. The monoisotopic (exact) mass is 195 g/mol. The summed E-state index contributed by atoms with van der Waals surface area (Å²) in [7, 11) is 0. The predicted molar refractivity (Wildman–Crippen MR) is 61.3 cm³/mol. The third-order valence-corrected chi connectivity index (χ3v) is 3.93. The van der Waals surface area contributed by atoms with E-state index in [9.17, 15) is 0 Å². The van der Waals surface area contributed by atoms with E-state index in [2.05, 4.69) is 18.7 Å². The molecule has 0 N–H and O–H groups in total. The quantitative estimate of drug-likeness (QED) is 0.668. The van der Waals surface area contributed by atoms with Gasteiger partial charge in [-0.15, -0.1) is 0 Å². The van der Waals surface area contributed by atoms with Gasteiger partial charge in [-0.05, 0) is 17.8 Å². The molecule has 2 fully saturated rings. The van der Waals surface area contributed by atoms with E-state index < -0.39 is 0 Å². The van der Waals surface area contributed by atoms with Crippen molar-refractivity contribution in [1.82, 2.24) is 4.90 Å². The Bertz CT molecular complexity index is 164. The van der Waals surface area contributed by atoms with Crippen LogP contribution in [0.25, 0.3) is 0 Å². The minimum Gasteiger partial charge on any atom is -0.302 e. The Morgan fingerprint density at radius 2 is 1.64 bits per heavy atom. The maximum absolute atomic E-state index is 2.64. The van der Waals surface area contributed by atoms with Gasteiger partial charge in [0.15, 0.2) is 0 Å². The van der Waals surface area contributed by atoms with Crippen molar-refractivity contribution in [3.8, 4) is 0 Å². The van der Waals surface area contributed by atoms with E-state index in [1.54, 1.807) is 0 Å². The minimum absolute atomic E-state index is 0.849. The highest BCUT2D eigenvalue weighted by Gasteiger charge is 2.33. The van der Waals surface area contributed by atoms with Crippen LogP contribution < -0.4 is 0 Å². The van der Waals surface area contributed by atoms with Crippen LogP contribution in [0, 0.1) is 17.8 Å². The van der Waals surface area contributed by atoms with Gasteiger partial charge in [-0.3, -0.25) is 0 Å². The Labute approximate surface area is 88.9 Å². The maximum atomic E-state index is 2.64. The van der Waals surface area contributed by atoms with Gasteiger partial charge >= 0.3 is 0 Å². The van der Waals surface area contributed by atoms with E-state index >= 15 is 0 Å². The van der Waals surface area contributed by atoms with Gasteiger partial charge in [-0.1, -0.05) is 46.0 Å². The molecule has 1 aliphatic heterocycles. The Morgan fingerprint density at radius 3 is 2.21 bits per heavy atom. The smallest absolute Gasteiger partial charge is 0.00248 e. The molecule has 0 amide bonds. The summed E-state index contributed by atoms with van der Waals surface area (Å²) in [5, 5.41) is 0. The molecule has 0 aromatic heterocycles. The fourth-order valence-electron chi connectivity index (χ4n) is 3.18. The van der Waals surface area contributed by atoms with Crippen molar-refractivity contribution in [2.45, 2.75) is 46.0 Å². The number of hydrogen-bond acceptors (Lipinski definition) is 1. The van der Waals surface area contributed by atoms with E-state index in [1.165, 1.54) is 51.7 Å². The zero-order chi connectivity index (χ0) is 9.97. The van der Waals surface area contributed by atoms with Crippen LogP contribution in [0.4, 0.5) is 0 Å². The zero-order valence-corrected chi connectivity index (χ0v) is 9.84. The normalized spacial score (nSPS) is 26.8. The molecular formula is C13H25N. The maximum Gasteiger partial charge on any atom is 0.00248 e. The molecule has 1 heterocycles. The molecule has 1 aliphatic carbocycles. The molecule has 2 aliphatic rings. The van der Waals surface area contributed by atoms with Crippen LogP contribution in [0.1, 0.15) is 46.0 Å². The van der Waals surface area contributed by atoms with Crippen LogP contribution >= 0.6 is 0 Å². The molecule has 2 rings (SSSR count). The lowest BCUT2D eigenvalue weighted by atomic mass is 9.76. The van der Waals surface area contributed by atoms with E-state index in [1.807, 2.05) is 0 Å². The Morgan fingerprint density at radius 1 is 1.00 bits per heavy atom. The van der Waals surface area contributed by atoms with E-state index in [0.717, 1.165) is 17.8 Å². The van der Waals surface area contributed by atoms with Gasteiger partial charge in [0.2, 0.25) is 0 Å². The highest BCUT2D eigenvalue weighted by molar-refractivity contribution is 4.86. The zero-order valence-electron chi connectivity index (χ0n) is 9.84. The first kappa shape index (κ1) is 10.5. The van der Waals surface area contributed by atoms with Crippen LogP contribution in [0.3, 0.4) is 0 Å². The molecular weight excluding hydrogens is 170 g/mol.